The first-order chi connectivity index (χ1) is 11.2. The zero-order valence-corrected chi connectivity index (χ0v) is 14.0. The second kappa shape index (κ2) is 5.70. The fraction of sp³-hybridized carbons (Fsp3) is 0.333. The summed E-state index contributed by atoms with van der Waals surface area (Å²) in [7, 11) is -3.35. The predicted molar refractivity (Wildman–Crippen MR) is 88.9 cm³/mol. The first-order valence-corrected chi connectivity index (χ1v) is 9.82. The van der Waals surface area contributed by atoms with Crippen molar-refractivity contribution in [3.63, 3.8) is 0 Å². The van der Waals surface area contributed by atoms with Crippen molar-refractivity contribution < 1.29 is 8.42 Å². The third-order valence-corrected chi connectivity index (χ3v) is 7.51. The highest BCUT2D eigenvalue weighted by molar-refractivity contribution is 7.91. The van der Waals surface area contributed by atoms with E-state index in [-0.39, 0.29) is 6.04 Å². The van der Waals surface area contributed by atoms with E-state index in [1.165, 1.54) is 11.3 Å². The van der Waals surface area contributed by atoms with E-state index in [0.29, 0.717) is 17.3 Å². The Balaban J connectivity index is 1.53. The van der Waals surface area contributed by atoms with Gasteiger partial charge in [-0.05, 0) is 36.4 Å². The fourth-order valence-corrected chi connectivity index (χ4v) is 5.64. The van der Waals surface area contributed by atoms with E-state index < -0.39 is 10.0 Å². The molecule has 4 rings (SSSR count). The summed E-state index contributed by atoms with van der Waals surface area (Å²) in [5, 5.41) is 10.2. The van der Waals surface area contributed by atoms with E-state index in [1.54, 1.807) is 21.8 Å². The third kappa shape index (κ3) is 2.56. The number of para-hydroxylation sites is 1. The Hall–Kier alpha value is -1.77. The quantitative estimate of drug-likeness (QED) is 0.729. The average Bonchev–Trinajstić information content (AvgIpc) is 3.25. The molecule has 3 heterocycles. The number of benzene rings is 1. The van der Waals surface area contributed by atoms with Gasteiger partial charge in [0.2, 0.25) is 0 Å². The lowest BCUT2D eigenvalue weighted by Gasteiger charge is -2.30. The van der Waals surface area contributed by atoms with Crippen molar-refractivity contribution in [1.82, 2.24) is 19.3 Å². The van der Waals surface area contributed by atoms with Gasteiger partial charge < -0.3 is 0 Å². The summed E-state index contributed by atoms with van der Waals surface area (Å²) >= 11 is 1.27. The molecule has 1 aromatic carbocycles. The van der Waals surface area contributed by atoms with Crippen LogP contribution in [0.4, 0.5) is 0 Å². The van der Waals surface area contributed by atoms with Gasteiger partial charge in [0.05, 0.1) is 11.6 Å². The van der Waals surface area contributed by atoms with Gasteiger partial charge in [0.1, 0.15) is 9.73 Å². The van der Waals surface area contributed by atoms with Crippen LogP contribution >= 0.6 is 11.3 Å². The first-order valence-electron chi connectivity index (χ1n) is 7.50. The lowest BCUT2D eigenvalue weighted by Crippen LogP contribution is -2.38. The van der Waals surface area contributed by atoms with Crippen LogP contribution in [0.3, 0.4) is 0 Å². The summed E-state index contributed by atoms with van der Waals surface area (Å²) in [4.78, 5) is 0. The molecule has 23 heavy (non-hydrogen) atoms. The molecule has 6 nitrogen and oxygen atoms in total. The number of thiophene rings is 1. The molecule has 0 saturated carbocycles. The smallest absolute Gasteiger partial charge is 0.242 e. The first kappa shape index (κ1) is 14.8. The summed E-state index contributed by atoms with van der Waals surface area (Å²) < 4.78 is 29.0. The molecule has 0 amide bonds. The summed E-state index contributed by atoms with van der Waals surface area (Å²) in [6.45, 7) is 1.03. The third-order valence-electron chi connectivity index (χ3n) is 4.24. The van der Waals surface area contributed by atoms with Crippen molar-refractivity contribution in [2.75, 3.05) is 13.1 Å². The van der Waals surface area contributed by atoms with E-state index >= 15 is 0 Å². The Morgan fingerprint density at radius 1 is 1.09 bits per heavy atom. The van der Waals surface area contributed by atoms with E-state index in [9.17, 15) is 8.42 Å². The maximum absolute atomic E-state index is 12.6. The van der Waals surface area contributed by atoms with E-state index in [2.05, 4.69) is 10.3 Å². The number of sulfonamides is 1. The van der Waals surface area contributed by atoms with Crippen molar-refractivity contribution >= 4 is 32.4 Å². The van der Waals surface area contributed by atoms with E-state index in [0.717, 1.165) is 23.9 Å². The lowest BCUT2D eigenvalue weighted by molar-refractivity contribution is 0.263. The van der Waals surface area contributed by atoms with E-state index in [1.807, 2.05) is 28.9 Å². The highest BCUT2D eigenvalue weighted by Gasteiger charge is 2.31. The zero-order chi connectivity index (χ0) is 15.9. The molecule has 1 aliphatic rings. The molecule has 2 aromatic heterocycles. The molecule has 0 unspecified atom stereocenters. The topological polar surface area (TPSA) is 68.1 Å². The Kier molecular flexibility index (Phi) is 3.67. The Bertz CT molecular complexity index is 910. The molecule has 0 radical (unpaired) electrons. The predicted octanol–water partition coefficient (Wildman–Crippen LogP) is 2.52. The summed E-state index contributed by atoms with van der Waals surface area (Å²) in [6.07, 6.45) is 1.50. The van der Waals surface area contributed by atoms with Gasteiger partial charge in [0.25, 0.3) is 10.0 Å². The molecule has 1 aliphatic heterocycles. The molecule has 8 heteroatoms. The highest BCUT2D eigenvalue weighted by atomic mass is 32.2. The second-order valence-corrected chi connectivity index (χ2v) is 8.70. The summed E-state index contributed by atoms with van der Waals surface area (Å²) in [5.41, 5.74) is 1.88. The molecule has 0 atom stereocenters. The van der Waals surface area contributed by atoms with Gasteiger partial charge in [-0.25, -0.2) is 13.1 Å². The minimum Gasteiger partial charge on any atom is -0.242 e. The van der Waals surface area contributed by atoms with Crippen LogP contribution in [0.5, 0.6) is 0 Å². The van der Waals surface area contributed by atoms with Crippen LogP contribution in [-0.2, 0) is 10.0 Å². The SMILES string of the molecule is O=S(=O)(c1cccs1)N1CCC(n2nnc3ccccc32)CC1. The Morgan fingerprint density at radius 3 is 2.61 bits per heavy atom. The lowest BCUT2D eigenvalue weighted by atomic mass is 10.1. The fourth-order valence-electron chi connectivity index (χ4n) is 3.02. The van der Waals surface area contributed by atoms with Crippen LogP contribution in [0.25, 0.3) is 11.0 Å². The monoisotopic (exact) mass is 348 g/mol. The van der Waals surface area contributed by atoms with Gasteiger partial charge in [-0.15, -0.1) is 16.4 Å². The van der Waals surface area contributed by atoms with Crippen molar-refractivity contribution in [2.24, 2.45) is 0 Å². The molecular weight excluding hydrogens is 332 g/mol. The summed E-state index contributed by atoms with van der Waals surface area (Å²) in [6, 6.07) is 11.5. The van der Waals surface area contributed by atoms with Crippen LogP contribution in [0.1, 0.15) is 18.9 Å². The Morgan fingerprint density at radius 2 is 1.87 bits per heavy atom. The molecule has 1 saturated heterocycles. The van der Waals surface area contributed by atoms with Crippen LogP contribution in [0, 0.1) is 0 Å². The van der Waals surface area contributed by atoms with Gasteiger partial charge in [-0.1, -0.05) is 23.4 Å². The average molecular weight is 348 g/mol. The van der Waals surface area contributed by atoms with Crippen molar-refractivity contribution in [3.05, 3.63) is 41.8 Å². The molecular formula is C15H16N4O2S2. The minimum atomic E-state index is -3.35. The molecule has 0 N–H and O–H groups in total. The second-order valence-electron chi connectivity index (χ2n) is 5.59. The molecule has 0 bridgehead atoms. The molecule has 3 aromatic rings. The number of hydrogen-bond donors (Lipinski definition) is 0. The highest BCUT2D eigenvalue weighted by Crippen LogP contribution is 2.29. The van der Waals surface area contributed by atoms with Crippen molar-refractivity contribution in [2.45, 2.75) is 23.1 Å². The largest absolute Gasteiger partial charge is 0.252 e. The summed E-state index contributed by atoms with van der Waals surface area (Å²) in [5.74, 6) is 0. The van der Waals surface area contributed by atoms with Crippen LogP contribution < -0.4 is 0 Å². The molecule has 120 valence electrons. The number of aromatic nitrogens is 3. The maximum Gasteiger partial charge on any atom is 0.252 e. The van der Waals surface area contributed by atoms with E-state index in [4.69, 9.17) is 0 Å². The number of rotatable bonds is 3. The van der Waals surface area contributed by atoms with Crippen molar-refractivity contribution in [1.29, 1.82) is 0 Å². The van der Waals surface area contributed by atoms with Gasteiger partial charge in [-0.2, -0.15) is 4.31 Å². The van der Waals surface area contributed by atoms with Gasteiger partial charge in [0.15, 0.2) is 0 Å². The molecule has 1 fully saturated rings. The zero-order valence-electron chi connectivity index (χ0n) is 12.4. The minimum absolute atomic E-state index is 0.192. The number of piperidine rings is 1. The number of hydrogen-bond acceptors (Lipinski definition) is 5. The number of nitrogens with zero attached hydrogens (tertiary/aromatic N) is 4. The standard InChI is InChI=1S/C15H16N4O2S2/c20-23(21,15-6-3-11-22-15)18-9-7-12(8-10-18)19-14-5-2-1-4-13(14)16-17-19/h1-6,11-12H,7-10H2. The number of fused-ring (bicyclic) bond motifs is 1. The van der Waals surface area contributed by atoms with Gasteiger partial charge in [-0.3, -0.25) is 0 Å². The van der Waals surface area contributed by atoms with Crippen LogP contribution in [-0.4, -0.2) is 40.8 Å². The molecule has 0 aliphatic carbocycles. The normalized spacial score (nSPS) is 17.7. The van der Waals surface area contributed by atoms with Crippen molar-refractivity contribution in [3.8, 4) is 0 Å². The van der Waals surface area contributed by atoms with Crippen LogP contribution in [0.2, 0.25) is 0 Å². The van der Waals surface area contributed by atoms with Gasteiger partial charge >= 0.3 is 0 Å². The van der Waals surface area contributed by atoms with Gasteiger partial charge in [0, 0.05) is 13.1 Å². The van der Waals surface area contributed by atoms with Crippen LogP contribution in [0.15, 0.2) is 46.0 Å². The molecule has 0 spiro atoms. The Labute approximate surface area is 138 Å². The maximum atomic E-state index is 12.6.